The van der Waals surface area contributed by atoms with Crippen LogP contribution in [-0.2, 0) is 0 Å². The van der Waals surface area contributed by atoms with Crippen molar-refractivity contribution >= 4 is 65.6 Å². The molecule has 0 unspecified atom stereocenters. The molecule has 10 aromatic rings. The Bertz CT molecular complexity index is 2710. The van der Waals surface area contributed by atoms with Gasteiger partial charge in [-0.15, -0.1) is 0 Å². The van der Waals surface area contributed by atoms with Crippen molar-refractivity contribution in [3.8, 4) is 22.5 Å². The molecule has 0 N–H and O–H groups in total. The summed E-state index contributed by atoms with van der Waals surface area (Å²) < 4.78 is 11.4. The molecular formula is C42H26N2O. The molecule has 0 fully saturated rings. The summed E-state index contributed by atoms with van der Waals surface area (Å²) in [6, 6.07) is 56.5. The number of hydrogen-bond donors (Lipinski definition) is 0. The lowest BCUT2D eigenvalue weighted by molar-refractivity contribution is 0.673. The summed E-state index contributed by atoms with van der Waals surface area (Å²) in [5.41, 5.74) is 11.2. The van der Waals surface area contributed by atoms with Crippen molar-refractivity contribution in [2.45, 2.75) is 0 Å². The van der Waals surface area contributed by atoms with Crippen LogP contribution in [0, 0.1) is 0 Å². The van der Waals surface area contributed by atoms with E-state index >= 15 is 0 Å². The second-order valence-electron chi connectivity index (χ2n) is 11.8. The Balaban J connectivity index is 1.33. The molecule has 3 aromatic heterocycles. The fraction of sp³-hybridized carbons (Fsp3) is 0. The van der Waals surface area contributed by atoms with Crippen LogP contribution in [0.25, 0.3) is 88.1 Å². The van der Waals surface area contributed by atoms with E-state index in [9.17, 15) is 0 Å². The monoisotopic (exact) mass is 574 g/mol. The van der Waals surface area contributed by atoms with Gasteiger partial charge in [0.1, 0.15) is 11.2 Å². The molecule has 3 heteroatoms. The normalized spacial score (nSPS) is 12.0. The molecule has 0 aliphatic heterocycles. The Morgan fingerprint density at radius 3 is 1.76 bits per heavy atom. The first-order chi connectivity index (χ1) is 22.3. The molecule has 0 aliphatic carbocycles. The van der Waals surface area contributed by atoms with Crippen LogP contribution in [0.15, 0.2) is 162 Å². The van der Waals surface area contributed by atoms with Crippen molar-refractivity contribution in [2.75, 3.05) is 0 Å². The lowest BCUT2D eigenvalue weighted by Gasteiger charge is -2.11. The van der Waals surface area contributed by atoms with Crippen LogP contribution in [0.4, 0.5) is 0 Å². The molecule has 0 radical (unpaired) electrons. The van der Waals surface area contributed by atoms with Crippen LogP contribution < -0.4 is 0 Å². The maximum Gasteiger partial charge on any atom is 0.145 e. The average Bonchev–Trinajstić information content (AvgIpc) is 3.76. The Labute approximate surface area is 258 Å². The Hall–Kier alpha value is -6.06. The van der Waals surface area contributed by atoms with Crippen LogP contribution >= 0.6 is 0 Å². The number of hydrogen-bond acceptors (Lipinski definition) is 1. The molecular weight excluding hydrogens is 548 g/mol. The summed E-state index contributed by atoms with van der Waals surface area (Å²) >= 11 is 0. The first-order valence-corrected chi connectivity index (χ1v) is 15.4. The van der Waals surface area contributed by atoms with Crippen LogP contribution in [0.3, 0.4) is 0 Å². The first kappa shape index (κ1) is 24.4. The zero-order chi connectivity index (χ0) is 29.5. The van der Waals surface area contributed by atoms with E-state index in [0.29, 0.717) is 0 Å². The Morgan fingerprint density at radius 1 is 0.356 bits per heavy atom. The fourth-order valence-electron chi connectivity index (χ4n) is 7.35. The molecule has 0 spiro atoms. The van der Waals surface area contributed by atoms with E-state index in [-0.39, 0.29) is 0 Å². The Morgan fingerprint density at radius 2 is 0.956 bits per heavy atom. The minimum absolute atomic E-state index is 0.908. The van der Waals surface area contributed by atoms with Gasteiger partial charge in [-0.05, 0) is 71.8 Å². The predicted molar refractivity (Wildman–Crippen MR) is 188 cm³/mol. The molecule has 0 saturated heterocycles. The topological polar surface area (TPSA) is 23.0 Å². The van der Waals surface area contributed by atoms with E-state index in [1.807, 2.05) is 6.07 Å². The van der Waals surface area contributed by atoms with Gasteiger partial charge in [-0.2, -0.15) is 0 Å². The maximum absolute atomic E-state index is 6.67. The van der Waals surface area contributed by atoms with Crippen LogP contribution in [0.1, 0.15) is 0 Å². The van der Waals surface area contributed by atoms with Crippen molar-refractivity contribution in [3.63, 3.8) is 0 Å². The van der Waals surface area contributed by atoms with Gasteiger partial charge >= 0.3 is 0 Å². The number of para-hydroxylation sites is 3. The van der Waals surface area contributed by atoms with E-state index in [2.05, 4.69) is 161 Å². The highest BCUT2D eigenvalue weighted by atomic mass is 16.3. The second-order valence-corrected chi connectivity index (χ2v) is 11.8. The van der Waals surface area contributed by atoms with Crippen molar-refractivity contribution in [2.24, 2.45) is 0 Å². The summed E-state index contributed by atoms with van der Waals surface area (Å²) in [5, 5.41) is 7.09. The van der Waals surface area contributed by atoms with Gasteiger partial charge in [-0.1, -0.05) is 97.1 Å². The number of aromatic nitrogens is 2. The molecule has 3 nitrogen and oxygen atoms in total. The third-order valence-electron chi connectivity index (χ3n) is 9.31. The van der Waals surface area contributed by atoms with Gasteiger partial charge < -0.3 is 13.6 Å². The summed E-state index contributed by atoms with van der Waals surface area (Å²) in [5.74, 6) is 0. The smallest absolute Gasteiger partial charge is 0.145 e. The molecule has 0 bridgehead atoms. The van der Waals surface area contributed by atoms with Gasteiger partial charge in [-0.3, -0.25) is 0 Å². The third kappa shape index (κ3) is 3.46. The number of rotatable bonds is 3. The highest BCUT2D eigenvalue weighted by molar-refractivity contribution is 6.24. The lowest BCUT2D eigenvalue weighted by Crippen LogP contribution is -1.96. The van der Waals surface area contributed by atoms with Gasteiger partial charge in [0.05, 0.1) is 27.5 Å². The van der Waals surface area contributed by atoms with Gasteiger partial charge in [0.15, 0.2) is 0 Å². The van der Waals surface area contributed by atoms with E-state index in [0.717, 1.165) is 49.7 Å². The van der Waals surface area contributed by atoms with Crippen molar-refractivity contribution in [3.05, 3.63) is 158 Å². The SMILES string of the molecule is c1ccc(-c2cccc(-n3c4ccc(-n5c6ccccc6c6ccccc65)cc4c4c5oc6ccccc6c5ccc43)c2)cc1. The van der Waals surface area contributed by atoms with E-state index in [1.54, 1.807) is 0 Å². The van der Waals surface area contributed by atoms with E-state index in [1.165, 1.54) is 38.3 Å². The molecule has 0 aliphatic rings. The number of fused-ring (bicyclic) bond motifs is 10. The average molecular weight is 575 g/mol. The quantitative estimate of drug-likeness (QED) is 0.206. The summed E-state index contributed by atoms with van der Waals surface area (Å²) in [6.45, 7) is 0. The fourth-order valence-corrected chi connectivity index (χ4v) is 7.35. The molecule has 0 amide bonds. The lowest BCUT2D eigenvalue weighted by atomic mass is 10.1. The van der Waals surface area contributed by atoms with E-state index < -0.39 is 0 Å². The van der Waals surface area contributed by atoms with Gasteiger partial charge in [0, 0.05) is 38.3 Å². The van der Waals surface area contributed by atoms with Crippen LogP contribution in [0.2, 0.25) is 0 Å². The van der Waals surface area contributed by atoms with E-state index in [4.69, 9.17) is 4.42 Å². The number of nitrogens with zero attached hydrogens (tertiary/aromatic N) is 2. The first-order valence-electron chi connectivity index (χ1n) is 15.4. The zero-order valence-corrected chi connectivity index (χ0v) is 24.3. The van der Waals surface area contributed by atoms with Gasteiger partial charge in [-0.25, -0.2) is 0 Å². The maximum atomic E-state index is 6.67. The van der Waals surface area contributed by atoms with Crippen molar-refractivity contribution < 1.29 is 4.42 Å². The summed E-state index contributed by atoms with van der Waals surface area (Å²) in [4.78, 5) is 0. The minimum Gasteiger partial charge on any atom is -0.455 e. The van der Waals surface area contributed by atoms with Crippen LogP contribution in [-0.4, -0.2) is 9.13 Å². The minimum atomic E-state index is 0.908. The molecule has 3 heterocycles. The number of benzene rings is 7. The van der Waals surface area contributed by atoms with Crippen molar-refractivity contribution in [1.29, 1.82) is 0 Å². The largest absolute Gasteiger partial charge is 0.455 e. The standard InChI is InChI=1S/C42H26N2O/c1-2-11-27(12-3-1)28-13-10-14-29(25-28)44-38-23-21-30(43-36-18-7-4-15-31(36)32-16-5-8-19-37(32)43)26-35(38)41-39(44)24-22-34-33-17-6-9-20-40(33)45-42(34)41/h1-26H. The molecule has 7 aromatic carbocycles. The molecule has 10 rings (SSSR count). The van der Waals surface area contributed by atoms with Crippen LogP contribution in [0.5, 0.6) is 0 Å². The Kier molecular flexibility index (Phi) is 5.00. The van der Waals surface area contributed by atoms with Gasteiger partial charge in [0.25, 0.3) is 0 Å². The number of furan rings is 1. The predicted octanol–water partition coefficient (Wildman–Crippen LogP) is 11.4. The highest BCUT2D eigenvalue weighted by Gasteiger charge is 2.20. The molecule has 0 saturated carbocycles. The molecule has 45 heavy (non-hydrogen) atoms. The summed E-state index contributed by atoms with van der Waals surface area (Å²) in [7, 11) is 0. The molecule has 0 atom stereocenters. The second kappa shape index (κ2) is 9.22. The third-order valence-corrected chi connectivity index (χ3v) is 9.31. The highest BCUT2D eigenvalue weighted by Crippen LogP contribution is 2.42. The van der Waals surface area contributed by atoms with Gasteiger partial charge in [0.2, 0.25) is 0 Å². The molecule has 210 valence electrons. The summed E-state index contributed by atoms with van der Waals surface area (Å²) in [6.07, 6.45) is 0. The van der Waals surface area contributed by atoms with Crippen molar-refractivity contribution in [1.82, 2.24) is 9.13 Å². The zero-order valence-electron chi connectivity index (χ0n) is 24.3.